The summed E-state index contributed by atoms with van der Waals surface area (Å²) < 4.78 is 0. The Hall–Kier alpha value is -1.27. The molecule has 0 aliphatic carbocycles. The molecular formula is C6H21LiO13. The van der Waals surface area contributed by atoms with Crippen LogP contribution < -0.4 is 0 Å². The molecule has 0 rings (SSSR count). The van der Waals surface area contributed by atoms with Gasteiger partial charge in [0.2, 0.25) is 0 Å². The summed E-state index contributed by atoms with van der Waals surface area (Å²) in [6, 6.07) is 0. The summed E-state index contributed by atoms with van der Waals surface area (Å²) >= 11 is 0. The second kappa shape index (κ2) is 20.1. The average molecular weight is 308 g/mol. The molecule has 0 fully saturated rings. The molecule has 0 saturated heterocycles. The van der Waals surface area contributed by atoms with Gasteiger partial charge in [-0.1, -0.05) is 0 Å². The van der Waals surface area contributed by atoms with Gasteiger partial charge in [-0.15, -0.1) is 0 Å². The molecule has 16 N–H and O–H groups in total. The van der Waals surface area contributed by atoms with Crippen LogP contribution in [-0.2, 0) is 14.4 Å². The molecule has 14 heteroatoms. The minimum atomic E-state index is -2.74. The van der Waals surface area contributed by atoms with Crippen molar-refractivity contribution in [1.82, 2.24) is 0 Å². The fourth-order valence-corrected chi connectivity index (χ4v) is 0.714. The van der Waals surface area contributed by atoms with Gasteiger partial charge in [-0.05, 0) is 0 Å². The summed E-state index contributed by atoms with van der Waals surface area (Å²) in [7, 11) is 0. The van der Waals surface area contributed by atoms with Gasteiger partial charge >= 0.3 is 36.8 Å². The predicted molar refractivity (Wildman–Crippen MR) is 65.9 cm³/mol. The van der Waals surface area contributed by atoms with E-state index in [1.807, 2.05) is 0 Å². The number of hydrogen-bond donors (Lipinski definition) is 4. The first-order valence-electron chi connectivity index (χ1n) is 3.17. The zero-order valence-electron chi connectivity index (χ0n) is 9.43. The number of hydrogen-bond acceptors (Lipinski definition) is 4. The van der Waals surface area contributed by atoms with E-state index < -0.39 is 36.4 Å². The van der Waals surface area contributed by atoms with Crippen molar-refractivity contribution in [3.8, 4) is 0 Å². The number of aliphatic carboxylic acids is 3. The van der Waals surface area contributed by atoms with E-state index in [0.29, 0.717) is 0 Å². The van der Waals surface area contributed by atoms with Crippen molar-refractivity contribution in [1.29, 1.82) is 0 Å². The summed E-state index contributed by atoms with van der Waals surface area (Å²) in [6.45, 7) is 0. The van der Waals surface area contributed by atoms with Gasteiger partial charge in [0, 0.05) is 0 Å². The van der Waals surface area contributed by atoms with Gasteiger partial charge in [0.05, 0.1) is 12.8 Å². The zero-order chi connectivity index (χ0) is 10.6. The third kappa shape index (κ3) is 19.1. The number of carboxylic acid groups (broad SMARTS) is 3. The van der Waals surface area contributed by atoms with Gasteiger partial charge < -0.3 is 53.3 Å². The predicted octanol–water partition coefficient (Wildman–Crippen LogP) is -6.85. The van der Waals surface area contributed by atoms with Crippen molar-refractivity contribution in [2.24, 2.45) is 0 Å². The van der Waals surface area contributed by atoms with E-state index in [0.717, 1.165) is 0 Å². The molecule has 0 saturated carbocycles. The molecule has 0 radical (unpaired) electrons. The molecule has 20 heavy (non-hydrogen) atoms. The molecule has 124 valence electrons. The average Bonchev–Trinajstić information content (AvgIpc) is 1.82. The van der Waals surface area contributed by atoms with Crippen molar-refractivity contribution >= 4 is 36.8 Å². The van der Waals surface area contributed by atoms with Crippen LogP contribution in [0.4, 0.5) is 0 Å². The summed E-state index contributed by atoms with van der Waals surface area (Å²) in [4.78, 5) is 30.5. The monoisotopic (exact) mass is 308 g/mol. The number of carboxylic acids is 3. The zero-order valence-corrected chi connectivity index (χ0v) is 9.43. The molecule has 0 unspecified atom stereocenters. The minimum absolute atomic E-state index is 0. The van der Waals surface area contributed by atoms with Crippen LogP contribution in [0.15, 0.2) is 0 Å². The Balaban J connectivity index is -0.0000000343. The topological polar surface area (TPSA) is 321 Å². The van der Waals surface area contributed by atoms with E-state index in [1.54, 1.807) is 0 Å². The van der Waals surface area contributed by atoms with E-state index in [9.17, 15) is 14.4 Å². The number of rotatable bonds is 5. The maximum atomic E-state index is 10.3. The third-order valence-electron chi connectivity index (χ3n) is 1.29. The second-order valence-corrected chi connectivity index (χ2v) is 2.48. The van der Waals surface area contributed by atoms with Crippen LogP contribution in [-0.4, -0.2) is 95.7 Å². The standard InChI is InChI=1S/C6H8O7.Li.6H2O.H/c7-3(8)1-6(13,5(11)12)2-4(9)10;;;;;;;;/h13H,1-2H2,(H,7,8)(H,9,10)(H,11,12);;6*1H2;. The second-order valence-electron chi connectivity index (χ2n) is 2.48. The molecule has 0 atom stereocenters. The molecule has 13 nitrogen and oxygen atoms in total. The van der Waals surface area contributed by atoms with Crippen LogP contribution in [0.3, 0.4) is 0 Å². The van der Waals surface area contributed by atoms with Gasteiger partial charge in [-0.2, -0.15) is 0 Å². The molecule has 0 heterocycles. The van der Waals surface area contributed by atoms with Gasteiger partial charge in [0.1, 0.15) is 0 Å². The molecule has 0 aliphatic rings. The van der Waals surface area contributed by atoms with E-state index >= 15 is 0 Å². The molecule has 0 aliphatic heterocycles. The van der Waals surface area contributed by atoms with Crippen LogP contribution in [0.5, 0.6) is 0 Å². The van der Waals surface area contributed by atoms with Gasteiger partial charge in [-0.25, -0.2) is 4.79 Å². The molecule has 0 aromatic heterocycles. The Morgan fingerprint density at radius 3 is 1.00 bits per heavy atom. The van der Waals surface area contributed by atoms with Crippen LogP contribution >= 0.6 is 0 Å². The van der Waals surface area contributed by atoms with Crippen LogP contribution in [0.25, 0.3) is 0 Å². The Morgan fingerprint density at radius 2 is 0.900 bits per heavy atom. The fourth-order valence-electron chi connectivity index (χ4n) is 0.714. The van der Waals surface area contributed by atoms with Crippen LogP contribution in [0.2, 0.25) is 0 Å². The first-order valence-corrected chi connectivity index (χ1v) is 3.17. The van der Waals surface area contributed by atoms with Gasteiger partial charge in [0.15, 0.2) is 5.60 Å². The Kier molecular flexibility index (Phi) is 51.3. The molecule has 0 bridgehead atoms. The summed E-state index contributed by atoms with van der Waals surface area (Å²) in [5, 5.41) is 33.8. The first-order chi connectivity index (χ1) is 5.78. The summed E-state index contributed by atoms with van der Waals surface area (Å²) in [5.74, 6) is -5.02. The first kappa shape index (κ1) is 51.1. The van der Waals surface area contributed by atoms with Crippen molar-refractivity contribution in [3.05, 3.63) is 0 Å². The SMILES string of the molecule is O.O.O.O.O.O.O=C(O)CC(O)(CC(=O)O)C(=O)O.[LiH]. The van der Waals surface area contributed by atoms with Crippen molar-refractivity contribution in [3.63, 3.8) is 0 Å². The molecule has 0 aromatic rings. The molecule has 0 aromatic carbocycles. The van der Waals surface area contributed by atoms with Crippen molar-refractivity contribution < 1.29 is 67.7 Å². The fraction of sp³-hybridized carbons (Fsp3) is 0.500. The Bertz CT molecular complexity index is 237. The van der Waals surface area contributed by atoms with E-state index in [1.165, 1.54) is 0 Å². The molecular weight excluding hydrogens is 287 g/mol. The van der Waals surface area contributed by atoms with Crippen molar-refractivity contribution in [2.45, 2.75) is 18.4 Å². The summed E-state index contributed by atoms with van der Waals surface area (Å²) in [5.41, 5.74) is -2.74. The van der Waals surface area contributed by atoms with Crippen LogP contribution in [0, 0.1) is 0 Å². The Labute approximate surface area is 123 Å². The Morgan fingerprint density at radius 1 is 0.700 bits per heavy atom. The third-order valence-corrected chi connectivity index (χ3v) is 1.29. The van der Waals surface area contributed by atoms with Crippen molar-refractivity contribution in [2.75, 3.05) is 0 Å². The molecule has 0 amide bonds. The van der Waals surface area contributed by atoms with E-state index in [-0.39, 0.29) is 51.7 Å². The van der Waals surface area contributed by atoms with Crippen LogP contribution in [0.1, 0.15) is 12.8 Å². The maximum absolute atomic E-state index is 10.3. The quantitative estimate of drug-likeness (QED) is 0.355. The van der Waals surface area contributed by atoms with E-state index in [4.69, 9.17) is 20.4 Å². The molecule has 0 spiro atoms. The van der Waals surface area contributed by atoms with E-state index in [2.05, 4.69) is 0 Å². The van der Waals surface area contributed by atoms with Gasteiger partial charge in [-0.3, -0.25) is 9.59 Å². The normalized spacial score (nSPS) is 7.05. The number of aliphatic hydroxyl groups is 1. The number of carbonyl (C=O) groups is 3. The summed E-state index contributed by atoms with van der Waals surface area (Å²) in [6.07, 6.45) is -2.29. The van der Waals surface area contributed by atoms with Gasteiger partial charge in [0.25, 0.3) is 0 Å².